The van der Waals surface area contributed by atoms with Crippen molar-refractivity contribution in [3.05, 3.63) is 12.3 Å². The Kier molecular flexibility index (Phi) is 8.92. The quantitative estimate of drug-likeness (QED) is 0.534. The summed E-state index contributed by atoms with van der Waals surface area (Å²) >= 11 is 5.82. The maximum Gasteiger partial charge on any atom is 0.246 e. The second-order valence-corrected chi connectivity index (χ2v) is 7.72. The van der Waals surface area contributed by atoms with Gasteiger partial charge in [0.05, 0.1) is 17.4 Å². The van der Waals surface area contributed by atoms with Crippen molar-refractivity contribution in [1.29, 1.82) is 0 Å². The standard InChI is InChI=1S/C18H28ClF2N3O3/c1-11(24-18(26)12-6-13(20)9-22-8-12)4-5-23-17(25)10-27-14-2-3-15(19)16(21)7-14/h12-16,22H,1-10H2,(H,23,25)(H,24,26). The van der Waals surface area contributed by atoms with Crippen molar-refractivity contribution >= 4 is 23.4 Å². The van der Waals surface area contributed by atoms with E-state index in [2.05, 4.69) is 22.5 Å². The van der Waals surface area contributed by atoms with Crippen LogP contribution in [0.5, 0.6) is 0 Å². The Labute approximate surface area is 163 Å². The fraction of sp³-hybridized carbons (Fsp3) is 0.778. The van der Waals surface area contributed by atoms with Gasteiger partial charge >= 0.3 is 0 Å². The SMILES string of the molecule is C=C(CCNC(=O)COC1CCC(Cl)C(F)C1)NC(=O)C1CNCC(F)C1. The Morgan fingerprint density at radius 1 is 1.22 bits per heavy atom. The topological polar surface area (TPSA) is 79.5 Å². The molecular formula is C18H28ClF2N3O3. The fourth-order valence-corrected chi connectivity index (χ4v) is 3.45. The minimum Gasteiger partial charge on any atom is -0.368 e. The van der Waals surface area contributed by atoms with E-state index >= 15 is 0 Å². The Hall–Kier alpha value is -1.25. The van der Waals surface area contributed by atoms with Crippen molar-refractivity contribution in [2.45, 2.75) is 55.9 Å². The highest BCUT2D eigenvalue weighted by Crippen LogP contribution is 2.27. The summed E-state index contributed by atoms with van der Waals surface area (Å²) in [6, 6.07) is 0. The van der Waals surface area contributed by atoms with Crippen LogP contribution >= 0.6 is 11.6 Å². The van der Waals surface area contributed by atoms with Gasteiger partial charge in [-0.15, -0.1) is 11.6 Å². The number of alkyl halides is 3. The number of rotatable bonds is 8. The third kappa shape index (κ3) is 7.71. The maximum atomic E-state index is 13.5. The molecule has 2 aliphatic rings. The third-order valence-corrected chi connectivity index (χ3v) is 5.30. The molecule has 9 heteroatoms. The number of nitrogens with one attached hydrogen (secondary N) is 3. The van der Waals surface area contributed by atoms with Crippen LogP contribution < -0.4 is 16.0 Å². The molecule has 0 aromatic rings. The molecule has 2 amide bonds. The Balaban J connectivity index is 1.56. The third-order valence-electron chi connectivity index (χ3n) is 4.81. The zero-order valence-electron chi connectivity index (χ0n) is 15.3. The van der Waals surface area contributed by atoms with Crippen LogP contribution in [0.1, 0.15) is 32.1 Å². The van der Waals surface area contributed by atoms with E-state index in [4.69, 9.17) is 16.3 Å². The van der Waals surface area contributed by atoms with Gasteiger partial charge in [-0.25, -0.2) is 8.78 Å². The average molecular weight is 408 g/mol. The van der Waals surface area contributed by atoms with E-state index in [1.807, 2.05) is 0 Å². The number of carbonyl (C=O) groups is 2. The van der Waals surface area contributed by atoms with E-state index in [0.717, 1.165) is 0 Å². The van der Waals surface area contributed by atoms with Crippen molar-refractivity contribution in [3.63, 3.8) is 0 Å². The van der Waals surface area contributed by atoms with Gasteiger partial charge in [0.1, 0.15) is 19.0 Å². The van der Waals surface area contributed by atoms with Gasteiger partial charge in [0.15, 0.2) is 0 Å². The van der Waals surface area contributed by atoms with Gasteiger partial charge in [0.2, 0.25) is 11.8 Å². The molecule has 0 radical (unpaired) electrons. The molecule has 5 atom stereocenters. The Bertz CT molecular complexity index is 538. The monoisotopic (exact) mass is 407 g/mol. The summed E-state index contributed by atoms with van der Waals surface area (Å²) in [6.45, 7) is 4.62. The smallest absolute Gasteiger partial charge is 0.246 e. The van der Waals surface area contributed by atoms with Gasteiger partial charge in [-0.2, -0.15) is 0 Å². The molecule has 1 aliphatic carbocycles. The molecule has 1 heterocycles. The molecule has 2 fully saturated rings. The number of amides is 2. The molecule has 0 aromatic carbocycles. The van der Waals surface area contributed by atoms with Crippen molar-refractivity contribution in [1.82, 2.24) is 16.0 Å². The summed E-state index contributed by atoms with van der Waals surface area (Å²) < 4.78 is 32.3. The largest absolute Gasteiger partial charge is 0.368 e. The van der Waals surface area contributed by atoms with Crippen LogP contribution in [0.2, 0.25) is 0 Å². The van der Waals surface area contributed by atoms with Crippen LogP contribution in [0.3, 0.4) is 0 Å². The van der Waals surface area contributed by atoms with Crippen LogP contribution in [0.15, 0.2) is 12.3 Å². The minimum absolute atomic E-state index is 0.144. The van der Waals surface area contributed by atoms with Crippen molar-refractivity contribution < 1.29 is 23.1 Å². The molecule has 1 saturated heterocycles. The van der Waals surface area contributed by atoms with Crippen molar-refractivity contribution in [3.8, 4) is 0 Å². The summed E-state index contributed by atoms with van der Waals surface area (Å²) in [5.74, 6) is -0.995. The molecule has 0 spiro atoms. The molecule has 5 unspecified atom stereocenters. The van der Waals surface area contributed by atoms with Crippen LogP contribution in [-0.2, 0) is 14.3 Å². The van der Waals surface area contributed by atoms with E-state index < -0.39 is 23.6 Å². The van der Waals surface area contributed by atoms with Crippen LogP contribution in [0, 0.1) is 5.92 Å². The van der Waals surface area contributed by atoms with Gasteiger partial charge in [-0.05, 0) is 19.3 Å². The molecule has 2 rings (SSSR count). The average Bonchev–Trinajstić information content (AvgIpc) is 2.62. The van der Waals surface area contributed by atoms with Crippen LogP contribution in [-0.4, -0.2) is 61.9 Å². The fourth-order valence-electron chi connectivity index (χ4n) is 3.22. The molecule has 6 nitrogen and oxygen atoms in total. The summed E-state index contributed by atoms with van der Waals surface area (Å²) in [5.41, 5.74) is 0.461. The van der Waals surface area contributed by atoms with Gasteiger partial charge < -0.3 is 20.7 Å². The zero-order chi connectivity index (χ0) is 19.8. The highest BCUT2D eigenvalue weighted by molar-refractivity contribution is 6.21. The lowest BCUT2D eigenvalue weighted by Gasteiger charge is -2.28. The van der Waals surface area contributed by atoms with Gasteiger partial charge in [-0.1, -0.05) is 6.58 Å². The Morgan fingerprint density at radius 2 is 2.00 bits per heavy atom. The van der Waals surface area contributed by atoms with Gasteiger partial charge in [0, 0.05) is 38.2 Å². The first-order valence-corrected chi connectivity index (χ1v) is 9.78. The minimum atomic E-state index is -1.10. The number of hydrogen-bond donors (Lipinski definition) is 3. The molecule has 154 valence electrons. The summed E-state index contributed by atoms with van der Waals surface area (Å²) in [6.07, 6.45) is -0.471. The lowest BCUT2D eigenvalue weighted by Crippen LogP contribution is -2.44. The number of ether oxygens (including phenoxy) is 1. The number of piperidine rings is 1. The van der Waals surface area contributed by atoms with E-state index in [1.165, 1.54) is 0 Å². The summed E-state index contributed by atoms with van der Waals surface area (Å²) in [5, 5.41) is 7.73. The zero-order valence-corrected chi connectivity index (χ0v) is 16.1. The van der Waals surface area contributed by atoms with Crippen LogP contribution in [0.4, 0.5) is 8.78 Å². The molecule has 27 heavy (non-hydrogen) atoms. The normalized spacial score (nSPS) is 31.1. The molecule has 3 N–H and O–H groups in total. The summed E-state index contributed by atoms with van der Waals surface area (Å²) in [7, 11) is 0. The number of halogens is 3. The lowest BCUT2D eigenvalue weighted by molar-refractivity contribution is -0.128. The van der Waals surface area contributed by atoms with E-state index in [9.17, 15) is 18.4 Å². The summed E-state index contributed by atoms with van der Waals surface area (Å²) in [4.78, 5) is 23.8. The first-order chi connectivity index (χ1) is 12.8. The molecule has 0 aromatic heterocycles. The van der Waals surface area contributed by atoms with E-state index in [-0.39, 0.29) is 50.5 Å². The predicted molar refractivity (Wildman–Crippen MR) is 98.9 cm³/mol. The van der Waals surface area contributed by atoms with Crippen molar-refractivity contribution in [2.75, 3.05) is 26.2 Å². The highest BCUT2D eigenvalue weighted by atomic mass is 35.5. The van der Waals surface area contributed by atoms with Gasteiger partial charge in [0.25, 0.3) is 0 Å². The Morgan fingerprint density at radius 3 is 2.70 bits per heavy atom. The molecule has 1 aliphatic heterocycles. The second-order valence-electron chi connectivity index (χ2n) is 7.16. The van der Waals surface area contributed by atoms with E-state index in [0.29, 0.717) is 31.5 Å². The lowest BCUT2D eigenvalue weighted by atomic mass is 9.95. The van der Waals surface area contributed by atoms with Crippen molar-refractivity contribution in [2.24, 2.45) is 5.92 Å². The predicted octanol–water partition coefficient (Wildman–Crippen LogP) is 1.58. The van der Waals surface area contributed by atoms with Gasteiger partial charge in [-0.3, -0.25) is 9.59 Å². The first kappa shape index (κ1) is 22.0. The maximum absolute atomic E-state index is 13.5. The number of carbonyl (C=O) groups excluding carboxylic acids is 2. The van der Waals surface area contributed by atoms with Crippen LogP contribution in [0.25, 0.3) is 0 Å². The first-order valence-electron chi connectivity index (χ1n) is 9.35. The number of hydrogen-bond acceptors (Lipinski definition) is 4. The highest BCUT2D eigenvalue weighted by Gasteiger charge is 2.30. The molecule has 1 saturated carbocycles. The molecular weight excluding hydrogens is 380 g/mol. The second kappa shape index (κ2) is 10.9. The molecule has 0 bridgehead atoms. The van der Waals surface area contributed by atoms with E-state index in [1.54, 1.807) is 0 Å².